The first-order valence-electron chi connectivity index (χ1n) is 4.29. The third kappa shape index (κ3) is 1.65. The van der Waals surface area contributed by atoms with Gasteiger partial charge in [-0.2, -0.15) is 0 Å². The summed E-state index contributed by atoms with van der Waals surface area (Å²) in [5.74, 6) is 0.473. The Balaban J connectivity index is 2.73. The number of amides is 1. The Morgan fingerprint density at radius 1 is 1.42 bits per heavy atom. The molecule has 12 heavy (non-hydrogen) atoms. The van der Waals surface area contributed by atoms with Crippen LogP contribution in [0.1, 0.15) is 20.3 Å². The lowest BCUT2D eigenvalue weighted by atomic mass is 9.87. The van der Waals surface area contributed by atoms with Crippen molar-refractivity contribution in [2.75, 3.05) is 13.6 Å². The summed E-state index contributed by atoms with van der Waals surface area (Å²) in [5, 5.41) is 0. The molecule has 1 aliphatic rings. The molecule has 0 aromatic heterocycles. The fourth-order valence-electron chi connectivity index (χ4n) is 1.54. The molecule has 1 heterocycles. The molecule has 0 saturated carbocycles. The lowest BCUT2D eigenvalue weighted by Gasteiger charge is -2.30. The molecule has 3 heteroatoms. The molecule has 3 nitrogen and oxygen atoms in total. The number of likely N-dealkylation sites (tertiary alicyclic amines) is 1. The van der Waals surface area contributed by atoms with Gasteiger partial charge in [0.05, 0.1) is 6.54 Å². The van der Waals surface area contributed by atoms with E-state index in [1.807, 2.05) is 13.8 Å². The van der Waals surface area contributed by atoms with Gasteiger partial charge in [0.1, 0.15) is 0 Å². The van der Waals surface area contributed by atoms with Crippen molar-refractivity contribution in [3.8, 4) is 0 Å². The van der Waals surface area contributed by atoms with Gasteiger partial charge in [0.15, 0.2) is 5.78 Å². The molecule has 1 saturated heterocycles. The van der Waals surface area contributed by atoms with E-state index in [0.29, 0.717) is 13.0 Å². The second-order valence-electron chi connectivity index (χ2n) is 3.79. The summed E-state index contributed by atoms with van der Waals surface area (Å²) in [5.41, 5.74) is 0. The zero-order valence-electron chi connectivity index (χ0n) is 7.83. The maximum Gasteiger partial charge on any atom is 0.226 e. The number of carbonyl (C=O) groups is 2. The normalized spacial score (nSPS) is 25.3. The van der Waals surface area contributed by atoms with Gasteiger partial charge in [0, 0.05) is 19.4 Å². The number of rotatable bonds is 1. The second kappa shape index (κ2) is 3.25. The van der Waals surface area contributed by atoms with Gasteiger partial charge in [-0.05, 0) is 5.92 Å². The van der Waals surface area contributed by atoms with Gasteiger partial charge >= 0.3 is 0 Å². The van der Waals surface area contributed by atoms with E-state index in [9.17, 15) is 9.59 Å². The zero-order valence-corrected chi connectivity index (χ0v) is 7.83. The van der Waals surface area contributed by atoms with E-state index < -0.39 is 0 Å². The van der Waals surface area contributed by atoms with E-state index in [1.165, 1.54) is 4.90 Å². The number of carbonyl (C=O) groups excluding carboxylic acids is 2. The smallest absolute Gasteiger partial charge is 0.226 e. The Bertz CT molecular complexity index is 211. The van der Waals surface area contributed by atoms with E-state index in [-0.39, 0.29) is 23.5 Å². The van der Waals surface area contributed by atoms with E-state index in [1.54, 1.807) is 7.05 Å². The predicted octanol–water partition coefficient (Wildman–Crippen LogP) is 0.690. The van der Waals surface area contributed by atoms with Gasteiger partial charge in [-0.3, -0.25) is 9.59 Å². The number of hydrogen-bond donors (Lipinski definition) is 0. The average Bonchev–Trinajstić information content (AvgIpc) is 1.96. The van der Waals surface area contributed by atoms with Crippen LogP contribution in [0.2, 0.25) is 0 Å². The molecule has 0 aromatic carbocycles. The van der Waals surface area contributed by atoms with Crippen LogP contribution in [0.3, 0.4) is 0 Å². The van der Waals surface area contributed by atoms with Gasteiger partial charge in [-0.1, -0.05) is 13.8 Å². The van der Waals surface area contributed by atoms with Crippen molar-refractivity contribution in [3.05, 3.63) is 0 Å². The number of hydrogen-bond acceptors (Lipinski definition) is 2. The van der Waals surface area contributed by atoms with Crippen molar-refractivity contribution in [2.45, 2.75) is 20.3 Å². The maximum atomic E-state index is 11.5. The van der Waals surface area contributed by atoms with Crippen LogP contribution in [0.5, 0.6) is 0 Å². The van der Waals surface area contributed by atoms with Gasteiger partial charge in [0.2, 0.25) is 5.91 Å². The Morgan fingerprint density at radius 2 is 2.00 bits per heavy atom. The molecule has 0 radical (unpaired) electrons. The minimum Gasteiger partial charge on any atom is -0.338 e. The number of likely N-dealkylation sites (N-methyl/N-ethyl adjacent to an activating group) is 1. The average molecular weight is 169 g/mol. The molecule has 1 atom stereocenters. The minimum atomic E-state index is -0.0868. The van der Waals surface area contributed by atoms with Crippen LogP contribution in [0.4, 0.5) is 0 Å². The fourth-order valence-corrected chi connectivity index (χ4v) is 1.54. The SMILES string of the molecule is CC(C)C1CC(=O)CN(C)C1=O. The Hall–Kier alpha value is -0.860. The van der Waals surface area contributed by atoms with E-state index in [0.717, 1.165) is 0 Å². The highest BCUT2D eigenvalue weighted by molar-refractivity contribution is 5.94. The van der Waals surface area contributed by atoms with E-state index in [2.05, 4.69) is 0 Å². The molecule has 1 aliphatic heterocycles. The highest BCUT2D eigenvalue weighted by atomic mass is 16.2. The molecule has 1 rings (SSSR count). The first-order chi connectivity index (χ1) is 5.52. The van der Waals surface area contributed by atoms with Gasteiger partial charge in [-0.25, -0.2) is 0 Å². The van der Waals surface area contributed by atoms with Crippen molar-refractivity contribution >= 4 is 11.7 Å². The molecular weight excluding hydrogens is 154 g/mol. The Labute approximate surface area is 72.7 Å². The molecule has 0 aliphatic carbocycles. The largest absolute Gasteiger partial charge is 0.338 e. The summed E-state index contributed by atoms with van der Waals surface area (Å²) in [7, 11) is 1.69. The number of piperidine rings is 1. The predicted molar refractivity (Wildman–Crippen MR) is 45.6 cm³/mol. The third-order valence-electron chi connectivity index (χ3n) is 2.36. The Morgan fingerprint density at radius 3 is 2.50 bits per heavy atom. The van der Waals surface area contributed by atoms with Crippen molar-refractivity contribution in [3.63, 3.8) is 0 Å². The molecule has 1 fully saturated rings. The quantitative estimate of drug-likeness (QED) is 0.579. The van der Waals surface area contributed by atoms with Crippen LogP contribution in [0, 0.1) is 11.8 Å². The molecule has 0 spiro atoms. The summed E-state index contributed by atoms with van der Waals surface area (Å²) >= 11 is 0. The van der Waals surface area contributed by atoms with Gasteiger partial charge in [0.25, 0.3) is 0 Å². The van der Waals surface area contributed by atoms with Crippen LogP contribution < -0.4 is 0 Å². The van der Waals surface area contributed by atoms with Crippen LogP contribution in [-0.2, 0) is 9.59 Å². The van der Waals surface area contributed by atoms with Crippen molar-refractivity contribution in [1.82, 2.24) is 4.90 Å². The van der Waals surface area contributed by atoms with Gasteiger partial charge in [-0.15, -0.1) is 0 Å². The lowest BCUT2D eigenvalue weighted by Crippen LogP contribution is -2.44. The lowest BCUT2D eigenvalue weighted by molar-refractivity contribution is -0.145. The zero-order chi connectivity index (χ0) is 9.30. The molecule has 0 aromatic rings. The number of nitrogens with zero attached hydrogens (tertiary/aromatic N) is 1. The molecule has 68 valence electrons. The molecule has 0 N–H and O–H groups in total. The summed E-state index contributed by atoms with van der Waals surface area (Å²) in [6.07, 6.45) is 0.431. The summed E-state index contributed by atoms with van der Waals surface area (Å²) in [6, 6.07) is 0. The number of Topliss-reactive ketones (excluding diaryl/α,β-unsaturated/α-hetero) is 1. The fraction of sp³-hybridized carbons (Fsp3) is 0.778. The minimum absolute atomic E-state index is 0.0868. The topological polar surface area (TPSA) is 37.4 Å². The maximum absolute atomic E-state index is 11.5. The van der Waals surface area contributed by atoms with Crippen LogP contribution in [0.25, 0.3) is 0 Å². The number of ketones is 1. The summed E-state index contributed by atoms with van der Waals surface area (Å²) in [4.78, 5) is 24.2. The highest BCUT2D eigenvalue weighted by Crippen LogP contribution is 2.21. The second-order valence-corrected chi connectivity index (χ2v) is 3.79. The van der Waals surface area contributed by atoms with E-state index in [4.69, 9.17) is 0 Å². The van der Waals surface area contributed by atoms with Crippen molar-refractivity contribution in [2.24, 2.45) is 11.8 Å². The first kappa shape index (κ1) is 9.23. The van der Waals surface area contributed by atoms with Crippen LogP contribution in [-0.4, -0.2) is 30.2 Å². The molecule has 1 unspecified atom stereocenters. The first-order valence-corrected chi connectivity index (χ1v) is 4.29. The monoisotopic (exact) mass is 169 g/mol. The standard InChI is InChI=1S/C9H15NO2/c1-6(2)8-4-7(11)5-10(3)9(8)12/h6,8H,4-5H2,1-3H3. The highest BCUT2D eigenvalue weighted by Gasteiger charge is 2.32. The van der Waals surface area contributed by atoms with Crippen LogP contribution in [0.15, 0.2) is 0 Å². The Kier molecular flexibility index (Phi) is 2.50. The van der Waals surface area contributed by atoms with Crippen molar-refractivity contribution in [1.29, 1.82) is 0 Å². The third-order valence-corrected chi connectivity index (χ3v) is 2.36. The molecular formula is C9H15NO2. The van der Waals surface area contributed by atoms with Crippen molar-refractivity contribution < 1.29 is 9.59 Å². The summed E-state index contributed by atoms with van der Waals surface area (Å²) in [6.45, 7) is 4.26. The summed E-state index contributed by atoms with van der Waals surface area (Å²) < 4.78 is 0. The molecule has 1 amide bonds. The van der Waals surface area contributed by atoms with Crippen LogP contribution >= 0.6 is 0 Å². The van der Waals surface area contributed by atoms with Gasteiger partial charge < -0.3 is 4.90 Å². The molecule has 0 bridgehead atoms. The van der Waals surface area contributed by atoms with E-state index >= 15 is 0 Å².